The van der Waals surface area contributed by atoms with Crippen molar-refractivity contribution in [2.45, 2.75) is 19.9 Å². The number of benzene rings is 1. The van der Waals surface area contributed by atoms with Crippen LogP contribution in [0.25, 0.3) is 16.4 Å². The molecule has 32 heavy (non-hydrogen) atoms. The summed E-state index contributed by atoms with van der Waals surface area (Å²) in [6.45, 7) is 6.37. The quantitative estimate of drug-likeness (QED) is 0.616. The van der Waals surface area contributed by atoms with Crippen LogP contribution in [0, 0.1) is 5.82 Å². The number of carbonyl (C=O) groups excluding carboxylic acids is 2. The highest BCUT2D eigenvalue weighted by atomic mass is 32.1. The maximum absolute atomic E-state index is 13.4. The lowest BCUT2D eigenvalue weighted by molar-refractivity contribution is -0.123. The fourth-order valence-electron chi connectivity index (χ4n) is 3.55. The van der Waals surface area contributed by atoms with Gasteiger partial charge in [0, 0.05) is 32.2 Å². The molecule has 1 saturated heterocycles. The predicted molar refractivity (Wildman–Crippen MR) is 120 cm³/mol. The van der Waals surface area contributed by atoms with E-state index >= 15 is 0 Å². The molecule has 0 saturated carbocycles. The molecule has 8 nitrogen and oxygen atoms in total. The number of halogens is 1. The Kier molecular flexibility index (Phi) is 6.61. The summed E-state index contributed by atoms with van der Waals surface area (Å²) < 4.78 is 15.0. The molecule has 2 aromatic heterocycles. The van der Waals surface area contributed by atoms with Gasteiger partial charge in [0.2, 0.25) is 11.7 Å². The lowest BCUT2D eigenvalue weighted by Crippen LogP contribution is -2.51. The van der Waals surface area contributed by atoms with Crippen molar-refractivity contribution < 1.29 is 14.0 Å². The van der Waals surface area contributed by atoms with Gasteiger partial charge in [-0.2, -0.15) is 0 Å². The molecule has 1 fully saturated rings. The summed E-state index contributed by atoms with van der Waals surface area (Å²) >= 11 is 1.49. The van der Waals surface area contributed by atoms with Crippen molar-refractivity contribution in [2.24, 2.45) is 0 Å². The number of piperazine rings is 1. The Bertz CT molecular complexity index is 1070. The number of amides is 2. The molecule has 1 N–H and O–H groups in total. The maximum Gasteiger partial charge on any atom is 0.293 e. The standard InChI is InChI=1S/C22H25FN6O2S/c1-15(2)24-19(30)14-27-9-11-28(12-10-27)22(31)20-25-21(18-4-3-13-32-18)29(26-20)17-7-5-16(23)6-8-17/h3-8,13,15H,9-12,14H2,1-2H3,(H,24,30). The molecule has 3 heterocycles. The minimum absolute atomic E-state index is 0.0138. The molecule has 3 aromatic rings. The number of hydrogen-bond donors (Lipinski definition) is 1. The van der Waals surface area contributed by atoms with E-state index in [2.05, 4.69) is 15.4 Å². The smallest absolute Gasteiger partial charge is 0.293 e. The second-order valence-electron chi connectivity index (χ2n) is 7.92. The van der Waals surface area contributed by atoms with E-state index in [4.69, 9.17) is 0 Å². The first-order valence-electron chi connectivity index (χ1n) is 10.5. The van der Waals surface area contributed by atoms with E-state index < -0.39 is 0 Å². The van der Waals surface area contributed by atoms with Gasteiger partial charge in [0.1, 0.15) is 5.82 Å². The van der Waals surface area contributed by atoms with Crippen molar-refractivity contribution in [2.75, 3.05) is 32.7 Å². The van der Waals surface area contributed by atoms with Crippen molar-refractivity contribution in [3.8, 4) is 16.4 Å². The van der Waals surface area contributed by atoms with E-state index in [0.717, 1.165) is 4.88 Å². The monoisotopic (exact) mass is 456 g/mol. The molecule has 0 atom stereocenters. The summed E-state index contributed by atoms with van der Waals surface area (Å²) in [5.41, 5.74) is 0.627. The molecule has 0 radical (unpaired) electrons. The largest absolute Gasteiger partial charge is 0.353 e. The van der Waals surface area contributed by atoms with E-state index in [1.165, 1.54) is 23.5 Å². The summed E-state index contributed by atoms with van der Waals surface area (Å²) in [5, 5.41) is 9.27. The fraction of sp³-hybridized carbons (Fsp3) is 0.364. The Hall–Kier alpha value is -3.11. The summed E-state index contributed by atoms with van der Waals surface area (Å²) in [6.07, 6.45) is 0. The zero-order valence-corrected chi connectivity index (χ0v) is 18.8. The number of aromatic nitrogens is 3. The van der Waals surface area contributed by atoms with Gasteiger partial charge in [-0.25, -0.2) is 14.1 Å². The lowest BCUT2D eigenvalue weighted by Gasteiger charge is -2.33. The number of carbonyl (C=O) groups is 2. The number of thiophene rings is 1. The third-order valence-electron chi connectivity index (χ3n) is 5.09. The number of nitrogens with zero attached hydrogens (tertiary/aromatic N) is 5. The first kappa shape index (κ1) is 22.1. The first-order chi connectivity index (χ1) is 15.4. The predicted octanol–water partition coefficient (Wildman–Crippen LogP) is 2.42. The average Bonchev–Trinajstić information content (AvgIpc) is 3.44. The van der Waals surface area contributed by atoms with Gasteiger partial charge in [-0.3, -0.25) is 14.5 Å². The van der Waals surface area contributed by atoms with E-state index in [1.807, 2.05) is 36.3 Å². The van der Waals surface area contributed by atoms with Crippen molar-refractivity contribution in [3.63, 3.8) is 0 Å². The minimum atomic E-state index is -0.345. The molecule has 2 amide bonds. The highest BCUT2D eigenvalue weighted by molar-refractivity contribution is 7.13. The van der Waals surface area contributed by atoms with Crippen molar-refractivity contribution in [1.82, 2.24) is 29.9 Å². The minimum Gasteiger partial charge on any atom is -0.353 e. The zero-order valence-electron chi connectivity index (χ0n) is 18.0. The molecular formula is C22H25FN6O2S. The van der Waals surface area contributed by atoms with Crippen molar-refractivity contribution >= 4 is 23.2 Å². The van der Waals surface area contributed by atoms with E-state index in [9.17, 15) is 14.0 Å². The number of hydrogen-bond acceptors (Lipinski definition) is 6. The molecule has 1 aliphatic rings. The summed E-state index contributed by atoms with van der Waals surface area (Å²) in [4.78, 5) is 34.2. The fourth-order valence-corrected chi connectivity index (χ4v) is 4.25. The Morgan fingerprint density at radius 1 is 1.12 bits per heavy atom. The Morgan fingerprint density at radius 2 is 1.84 bits per heavy atom. The van der Waals surface area contributed by atoms with Gasteiger partial charge in [0.25, 0.3) is 5.91 Å². The van der Waals surface area contributed by atoms with Gasteiger partial charge < -0.3 is 10.2 Å². The normalized spacial score (nSPS) is 14.7. The van der Waals surface area contributed by atoms with Gasteiger partial charge in [-0.15, -0.1) is 16.4 Å². The summed E-state index contributed by atoms with van der Waals surface area (Å²) in [5.74, 6) is 0.0282. The van der Waals surface area contributed by atoms with Crippen molar-refractivity contribution in [3.05, 3.63) is 53.4 Å². The van der Waals surface area contributed by atoms with Crippen LogP contribution in [0.2, 0.25) is 0 Å². The van der Waals surface area contributed by atoms with E-state index in [0.29, 0.717) is 44.2 Å². The Morgan fingerprint density at radius 3 is 2.47 bits per heavy atom. The molecule has 1 aliphatic heterocycles. The van der Waals surface area contributed by atoms with Crippen LogP contribution in [0.1, 0.15) is 24.5 Å². The zero-order chi connectivity index (χ0) is 22.7. The van der Waals surface area contributed by atoms with E-state index in [1.54, 1.807) is 21.7 Å². The van der Waals surface area contributed by atoms with Crippen LogP contribution >= 0.6 is 11.3 Å². The van der Waals surface area contributed by atoms with E-state index in [-0.39, 0.29) is 29.5 Å². The second-order valence-corrected chi connectivity index (χ2v) is 8.86. The molecule has 1 aromatic carbocycles. The maximum atomic E-state index is 13.4. The van der Waals surface area contributed by atoms with Gasteiger partial charge in [-0.05, 0) is 49.6 Å². The van der Waals surface area contributed by atoms with Gasteiger partial charge >= 0.3 is 0 Å². The van der Waals surface area contributed by atoms with Crippen LogP contribution in [0.15, 0.2) is 41.8 Å². The molecule has 0 aliphatic carbocycles. The van der Waals surface area contributed by atoms with Crippen LogP contribution in [-0.4, -0.2) is 75.1 Å². The van der Waals surface area contributed by atoms with Crippen LogP contribution in [0.5, 0.6) is 0 Å². The summed E-state index contributed by atoms with van der Waals surface area (Å²) in [7, 11) is 0. The van der Waals surface area contributed by atoms with Crippen LogP contribution in [0.4, 0.5) is 4.39 Å². The Balaban J connectivity index is 1.49. The highest BCUT2D eigenvalue weighted by Crippen LogP contribution is 2.26. The van der Waals surface area contributed by atoms with Crippen LogP contribution in [-0.2, 0) is 4.79 Å². The molecular weight excluding hydrogens is 431 g/mol. The third kappa shape index (κ3) is 5.03. The molecule has 0 spiro atoms. The van der Waals surface area contributed by atoms with Crippen molar-refractivity contribution in [1.29, 1.82) is 0 Å². The van der Waals surface area contributed by atoms with Gasteiger partial charge in [0.15, 0.2) is 5.82 Å². The van der Waals surface area contributed by atoms with Crippen LogP contribution < -0.4 is 5.32 Å². The third-order valence-corrected chi connectivity index (χ3v) is 5.95. The molecule has 0 bridgehead atoms. The lowest BCUT2D eigenvalue weighted by atomic mass is 10.3. The molecule has 10 heteroatoms. The Labute approximate surface area is 189 Å². The van der Waals surface area contributed by atoms with Gasteiger partial charge in [-0.1, -0.05) is 6.07 Å². The first-order valence-corrected chi connectivity index (χ1v) is 11.4. The number of rotatable bonds is 6. The number of nitrogens with one attached hydrogen (secondary N) is 1. The summed E-state index contributed by atoms with van der Waals surface area (Å²) in [6, 6.07) is 9.83. The second kappa shape index (κ2) is 9.58. The highest BCUT2D eigenvalue weighted by Gasteiger charge is 2.27. The van der Waals surface area contributed by atoms with Gasteiger partial charge in [0.05, 0.1) is 17.1 Å². The SMILES string of the molecule is CC(C)NC(=O)CN1CCN(C(=O)c2nc(-c3cccs3)n(-c3ccc(F)cc3)n2)CC1. The topological polar surface area (TPSA) is 83.4 Å². The molecule has 4 rings (SSSR count). The molecule has 168 valence electrons. The van der Waals surface area contributed by atoms with Crippen LogP contribution in [0.3, 0.4) is 0 Å². The molecule has 0 unspecified atom stereocenters. The average molecular weight is 457 g/mol.